The Kier molecular flexibility index (Phi) is 7.25. The quantitative estimate of drug-likeness (QED) is 0.736. The number of nitrogens with zero attached hydrogens (tertiary/aromatic N) is 1. The third-order valence-corrected chi connectivity index (χ3v) is 3.22. The summed E-state index contributed by atoms with van der Waals surface area (Å²) in [5, 5.41) is 18.7. The molecule has 1 aromatic carbocycles. The Bertz CT molecular complexity index is 468. The smallest absolute Gasteiger partial charge is 0.304 e. The molecule has 118 valence electrons. The molecule has 1 aromatic rings. The molecule has 0 aliphatic heterocycles. The first kappa shape index (κ1) is 17.5. The molecule has 0 amide bonds. The van der Waals surface area contributed by atoms with Crippen molar-refractivity contribution < 1.29 is 23.8 Å². The molecule has 0 bridgehead atoms. The van der Waals surface area contributed by atoms with Crippen molar-refractivity contribution in [3.05, 3.63) is 35.4 Å². The van der Waals surface area contributed by atoms with Crippen molar-refractivity contribution in [1.29, 1.82) is 0 Å². The number of rotatable bonds is 9. The Balaban J connectivity index is 2.57. The minimum absolute atomic E-state index is 0.0183. The van der Waals surface area contributed by atoms with Crippen molar-refractivity contribution >= 4 is 5.97 Å². The summed E-state index contributed by atoms with van der Waals surface area (Å²) in [6.45, 7) is 3.47. The SMILES string of the molecule is CCCN(CCC(=O)O)CCC(O)c1cc(F)ccc1F. The van der Waals surface area contributed by atoms with Gasteiger partial charge in [-0.15, -0.1) is 0 Å². The van der Waals surface area contributed by atoms with Crippen LogP contribution in [0.2, 0.25) is 0 Å². The highest BCUT2D eigenvalue weighted by molar-refractivity contribution is 5.66. The molecule has 1 unspecified atom stereocenters. The van der Waals surface area contributed by atoms with E-state index in [1.165, 1.54) is 0 Å². The van der Waals surface area contributed by atoms with Gasteiger partial charge in [-0.3, -0.25) is 4.79 Å². The summed E-state index contributed by atoms with van der Waals surface area (Å²) in [5.41, 5.74) is -0.0651. The van der Waals surface area contributed by atoms with Gasteiger partial charge in [-0.1, -0.05) is 6.92 Å². The maximum absolute atomic E-state index is 13.5. The second-order valence-corrected chi connectivity index (χ2v) is 4.96. The largest absolute Gasteiger partial charge is 0.481 e. The highest BCUT2D eigenvalue weighted by Crippen LogP contribution is 2.21. The number of carboxylic acid groups (broad SMARTS) is 1. The first-order chi connectivity index (χ1) is 9.93. The molecule has 0 fully saturated rings. The van der Waals surface area contributed by atoms with E-state index in [1.807, 2.05) is 11.8 Å². The number of aliphatic hydroxyl groups excluding tert-OH is 1. The fraction of sp³-hybridized carbons (Fsp3) is 0.533. The zero-order valence-electron chi connectivity index (χ0n) is 12.1. The van der Waals surface area contributed by atoms with Gasteiger partial charge in [0.15, 0.2) is 0 Å². The van der Waals surface area contributed by atoms with E-state index in [0.29, 0.717) is 19.6 Å². The van der Waals surface area contributed by atoms with Crippen LogP contribution >= 0.6 is 0 Å². The Labute approximate surface area is 123 Å². The number of aliphatic carboxylic acids is 1. The first-order valence-electron chi connectivity index (χ1n) is 7.01. The zero-order chi connectivity index (χ0) is 15.8. The number of carboxylic acids is 1. The fourth-order valence-corrected chi connectivity index (χ4v) is 2.14. The van der Waals surface area contributed by atoms with Gasteiger partial charge >= 0.3 is 5.97 Å². The van der Waals surface area contributed by atoms with Crippen molar-refractivity contribution in [3.8, 4) is 0 Å². The van der Waals surface area contributed by atoms with Gasteiger partial charge in [0.05, 0.1) is 12.5 Å². The Morgan fingerprint density at radius 3 is 2.62 bits per heavy atom. The average Bonchev–Trinajstić information content (AvgIpc) is 2.44. The molecule has 0 radical (unpaired) electrons. The molecular weight excluding hydrogens is 280 g/mol. The van der Waals surface area contributed by atoms with Crippen LogP contribution in [-0.2, 0) is 4.79 Å². The molecule has 1 rings (SSSR count). The second-order valence-electron chi connectivity index (χ2n) is 4.96. The fourth-order valence-electron chi connectivity index (χ4n) is 2.14. The number of hydrogen-bond donors (Lipinski definition) is 2. The van der Waals surface area contributed by atoms with Gasteiger partial charge in [0.1, 0.15) is 11.6 Å². The lowest BCUT2D eigenvalue weighted by molar-refractivity contribution is -0.137. The maximum atomic E-state index is 13.5. The van der Waals surface area contributed by atoms with Crippen LogP contribution in [0.5, 0.6) is 0 Å². The lowest BCUT2D eigenvalue weighted by atomic mass is 10.1. The molecule has 0 aliphatic carbocycles. The van der Waals surface area contributed by atoms with E-state index in [2.05, 4.69) is 0 Å². The number of benzene rings is 1. The number of halogens is 2. The van der Waals surface area contributed by atoms with E-state index in [1.54, 1.807) is 0 Å². The summed E-state index contributed by atoms with van der Waals surface area (Å²) in [6, 6.07) is 2.98. The predicted molar refractivity (Wildman–Crippen MR) is 74.9 cm³/mol. The van der Waals surface area contributed by atoms with Crippen LogP contribution in [-0.4, -0.2) is 40.7 Å². The summed E-state index contributed by atoms with van der Waals surface area (Å²) in [5.74, 6) is -2.12. The van der Waals surface area contributed by atoms with Gasteiger partial charge in [0.2, 0.25) is 0 Å². The summed E-state index contributed by atoms with van der Waals surface area (Å²) >= 11 is 0. The molecule has 0 saturated heterocycles. The number of carbonyl (C=O) groups is 1. The lowest BCUT2D eigenvalue weighted by Crippen LogP contribution is -2.29. The van der Waals surface area contributed by atoms with E-state index in [4.69, 9.17) is 5.11 Å². The molecule has 6 heteroatoms. The molecule has 4 nitrogen and oxygen atoms in total. The first-order valence-corrected chi connectivity index (χ1v) is 7.01. The molecular formula is C15H21F2NO3. The van der Waals surface area contributed by atoms with Crippen molar-refractivity contribution in [1.82, 2.24) is 4.90 Å². The summed E-state index contributed by atoms with van der Waals surface area (Å²) in [6.07, 6.45) is -0.0149. The van der Waals surface area contributed by atoms with Gasteiger partial charge < -0.3 is 15.1 Å². The molecule has 1 atom stereocenters. The van der Waals surface area contributed by atoms with Crippen LogP contribution in [0.1, 0.15) is 37.9 Å². The number of aliphatic hydroxyl groups is 1. The minimum Gasteiger partial charge on any atom is -0.481 e. The van der Waals surface area contributed by atoms with Crippen LogP contribution in [0.4, 0.5) is 8.78 Å². The van der Waals surface area contributed by atoms with E-state index < -0.39 is 23.7 Å². The van der Waals surface area contributed by atoms with E-state index in [-0.39, 0.29) is 18.4 Å². The molecule has 0 saturated carbocycles. The monoisotopic (exact) mass is 301 g/mol. The van der Waals surface area contributed by atoms with Crippen LogP contribution in [0, 0.1) is 11.6 Å². The maximum Gasteiger partial charge on any atom is 0.304 e. The van der Waals surface area contributed by atoms with Crippen molar-refractivity contribution in [2.24, 2.45) is 0 Å². The van der Waals surface area contributed by atoms with Crippen LogP contribution in [0.25, 0.3) is 0 Å². The highest BCUT2D eigenvalue weighted by atomic mass is 19.1. The molecule has 0 aliphatic rings. The van der Waals surface area contributed by atoms with Crippen LogP contribution in [0.15, 0.2) is 18.2 Å². The van der Waals surface area contributed by atoms with E-state index >= 15 is 0 Å². The lowest BCUT2D eigenvalue weighted by Gasteiger charge is -2.22. The van der Waals surface area contributed by atoms with Crippen LogP contribution in [0.3, 0.4) is 0 Å². The van der Waals surface area contributed by atoms with Crippen LogP contribution < -0.4 is 0 Å². The second kappa shape index (κ2) is 8.69. The summed E-state index contributed by atoms with van der Waals surface area (Å²) < 4.78 is 26.6. The Morgan fingerprint density at radius 2 is 2.00 bits per heavy atom. The van der Waals surface area contributed by atoms with Gasteiger partial charge in [0.25, 0.3) is 0 Å². The Hall–Kier alpha value is -1.53. The molecule has 2 N–H and O–H groups in total. The normalized spacial score (nSPS) is 12.6. The van der Waals surface area contributed by atoms with Crippen molar-refractivity contribution in [2.45, 2.75) is 32.3 Å². The van der Waals surface area contributed by atoms with Crippen molar-refractivity contribution in [2.75, 3.05) is 19.6 Å². The number of hydrogen-bond acceptors (Lipinski definition) is 3. The molecule has 0 heterocycles. The van der Waals surface area contributed by atoms with Gasteiger partial charge in [-0.25, -0.2) is 8.78 Å². The molecule has 0 spiro atoms. The molecule has 21 heavy (non-hydrogen) atoms. The third kappa shape index (κ3) is 6.18. The topological polar surface area (TPSA) is 60.8 Å². The van der Waals surface area contributed by atoms with Gasteiger partial charge in [0, 0.05) is 18.7 Å². The highest BCUT2D eigenvalue weighted by Gasteiger charge is 2.16. The van der Waals surface area contributed by atoms with Gasteiger partial charge in [-0.05, 0) is 37.6 Å². The van der Waals surface area contributed by atoms with E-state index in [0.717, 1.165) is 24.6 Å². The zero-order valence-corrected chi connectivity index (χ0v) is 12.1. The average molecular weight is 301 g/mol. The third-order valence-electron chi connectivity index (χ3n) is 3.22. The standard InChI is InChI=1S/C15H21F2NO3/c1-2-7-18(9-6-15(20)21)8-5-14(19)12-10-11(16)3-4-13(12)17/h3-4,10,14,19H,2,5-9H2,1H3,(H,20,21). The van der Waals surface area contributed by atoms with Gasteiger partial charge in [-0.2, -0.15) is 0 Å². The Morgan fingerprint density at radius 1 is 1.29 bits per heavy atom. The molecule has 0 aromatic heterocycles. The minimum atomic E-state index is -1.11. The van der Waals surface area contributed by atoms with E-state index in [9.17, 15) is 18.7 Å². The summed E-state index contributed by atoms with van der Waals surface area (Å²) in [7, 11) is 0. The summed E-state index contributed by atoms with van der Waals surface area (Å²) in [4.78, 5) is 12.5. The predicted octanol–water partition coefficient (Wildman–Crippen LogP) is 2.58. The van der Waals surface area contributed by atoms with Crippen molar-refractivity contribution in [3.63, 3.8) is 0 Å².